The maximum Gasteiger partial charge on any atom is 0.463 e. The summed E-state index contributed by atoms with van der Waals surface area (Å²) in [6, 6.07) is 17.6. The van der Waals surface area contributed by atoms with Gasteiger partial charge in [0, 0.05) is 23.1 Å². The van der Waals surface area contributed by atoms with E-state index >= 15 is 0 Å². The predicted octanol–water partition coefficient (Wildman–Crippen LogP) is 4.21. The lowest BCUT2D eigenvalue weighted by Crippen LogP contribution is -2.33. The maximum absolute atomic E-state index is 12.3. The summed E-state index contributed by atoms with van der Waals surface area (Å²) in [5, 5.41) is 3.81. The maximum atomic E-state index is 12.3. The highest BCUT2D eigenvalue weighted by Crippen LogP contribution is 2.42. The molecule has 12 heteroatoms. The molecule has 0 unspecified atom stereocenters. The van der Waals surface area contributed by atoms with Crippen LogP contribution in [-0.4, -0.2) is 28.3 Å². The van der Waals surface area contributed by atoms with Crippen LogP contribution in [0.1, 0.15) is 18.2 Å². The van der Waals surface area contributed by atoms with E-state index in [9.17, 15) is 9.59 Å². The molecule has 0 radical (unpaired) electrons. The molecule has 4 rings (SSSR count). The van der Waals surface area contributed by atoms with Gasteiger partial charge in [0.15, 0.2) is 0 Å². The summed E-state index contributed by atoms with van der Waals surface area (Å²) in [5.74, 6) is 1.13. The van der Waals surface area contributed by atoms with Gasteiger partial charge in [0.2, 0.25) is 0 Å². The molecule has 2 aromatic carbocycles. The van der Waals surface area contributed by atoms with Crippen molar-refractivity contribution in [2.24, 2.45) is 5.11 Å². The number of aromatic nitrogens is 2. The molecule has 2 heterocycles. The largest absolute Gasteiger partial charge is 0.463 e. The van der Waals surface area contributed by atoms with Gasteiger partial charge in [0.05, 0.1) is 18.8 Å². The molecule has 3 atom stereocenters. The molecule has 11 nitrogen and oxygen atoms in total. The minimum absolute atomic E-state index is 0.0113. The van der Waals surface area contributed by atoms with Crippen LogP contribution >= 0.6 is 8.60 Å². The number of H-pyrrole nitrogens is 1. The molecule has 1 aliphatic heterocycles. The van der Waals surface area contributed by atoms with Gasteiger partial charge in [-0.1, -0.05) is 41.5 Å². The Hall–Kier alpha value is -3.62. The molecule has 3 aromatic rings. The molecular weight excluding hydrogens is 461 g/mol. The molecule has 0 bridgehead atoms. The number of hydrogen-bond donors (Lipinski definition) is 1. The summed E-state index contributed by atoms with van der Waals surface area (Å²) in [6.07, 6.45) is 0.263. The average Bonchev–Trinajstić information content (AvgIpc) is 3.24. The number of aromatic amines is 1. The molecule has 1 saturated heterocycles. The minimum atomic E-state index is -1.87. The van der Waals surface area contributed by atoms with Crippen LogP contribution in [0.25, 0.3) is 10.4 Å². The number of para-hydroxylation sites is 2. The number of nitrogens with zero attached hydrogens (tertiary/aromatic N) is 4. The van der Waals surface area contributed by atoms with Crippen molar-refractivity contribution >= 4 is 8.60 Å². The van der Waals surface area contributed by atoms with Crippen molar-refractivity contribution in [2.75, 3.05) is 6.61 Å². The van der Waals surface area contributed by atoms with Crippen molar-refractivity contribution in [3.63, 3.8) is 0 Å². The van der Waals surface area contributed by atoms with E-state index in [1.54, 1.807) is 31.2 Å². The first-order valence-corrected chi connectivity index (χ1v) is 11.5. The van der Waals surface area contributed by atoms with Gasteiger partial charge in [0.1, 0.15) is 17.7 Å². The molecule has 0 spiro atoms. The van der Waals surface area contributed by atoms with E-state index in [1.165, 1.54) is 10.8 Å². The highest BCUT2D eigenvalue weighted by Gasteiger charge is 2.37. The van der Waals surface area contributed by atoms with E-state index in [0.29, 0.717) is 17.1 Å². The summed E-state index contributed by atoms with van der Waals surface area (Å²) in [4.78, 5) is 29.1. The van der Waals surface area contributed by atoms with Gasteiger partial charge in [-0.2, -0.15) is 0 Å². The van der Waals surface area contributed by atoms with Crippen molar-refractivity contribution < 1.29 is 18.3 Å². The Morgan fingerprint density at radius 3 is 2.32 bits per heavy atom. The van der Waals surface area contributed by atoms with Crippen LogP contribution in [0.3, 0.4) is 0 Å². The Balaban J connectivity index is 1.49. The van der Waals surface area contributed by atoms with Crippen LogP contribution in [0.2, 0.25) is 0 Å². The standard InChI is InChI=1S/C22H22N5O6P/c1-15-13-27(22(29)24-21(15)28)20-12-18(25-26-23)19(31-20)14-30-34(32-16-8-4-2-5-9-16)33-17-10-6-3-7-11-17/h2-11,13,18-20H,12,14H2,1H3,(H,24,28,29)/t18-,19+,20+/m0/s1. The molecule has 0 saturated carbocycles. The van der Waals surface area contributed by atoms with E-state index in [-0.39, 0.29) is 13.0 Å². The Morgan fingerprint density at radius 1 is 1.12 bits per heavy atom. The lowest BCUT2D eigenvalue weighted by atomic mass is 10.1. The summed E-state index contributed by atoms with van der Waals surface area (Å²) >= 11 is 0. The molecule has 34 heavy (non-hydrogen) atoms. The van der Waals surface area contributed by atoms with Gasteiger partial charge >= 0.3 is 14.3 Å². The van der Waals surface area contributed by atoms with Crippen LogP contribution in [0.5, 0.6) is 11.5 Å². The van der Waals surface area contributed by atoms with Crippen LogP contribution in [0.15, 0.2) is 81.6 Å². The molecule has 1 fully saturated rings. The minimum Gasteiger partial charge on any atom is -0.418 e. The molecular formula is C22H22N5O6P. The zero-order valence-electron chi connectivity index (χ0n) is 18.2. The highest BCUT2D eigenvalue weighted by atomic mass is 31.2. The number of hydrogen-bond acceptors (Lipinski definition) is 7. The summed E-state index contributed by atoms with van der Waals surface area (Å²) in [5.41, 5.74) is 8.29. The smallest absolute Gasteiger partial charge is 0.418 e. The normalized spacial score (nSPS) is 19.5. The van der Waals surface area contributed by atoms with Crippen LogP contribution in [0.4, 0.5) is 0 Å². The first-order chi connectivity index (χ1) is 16.5. The van der Waals surface area contributed by atoms with E-state index < -0.39 is 38.2 Å². The topological polar surface area (TPSA) is 141 Å². The zero-order valence-corrected chi connectivity index (χ0v) is 19.1. The molecule has 1 N–H and O–H groups in total. The van der Waals surface area contributed by atoms with Crippen LogP contribution in [-0.2, 0) is 9.26 Å². The fraction of sp³-hybridized carbons (Fsp3) is 0.273. The number of aryl methyl sites for hydroxylation is 1. The number of nitrogens with one attached hydrogen (secondary N) is 1. The molecule has 1 aliphatic rings. The lowest BCUT2D eigenvalue weighted by Gasteiger charge is -2.21. The average molecular weight is 483 g/mol. The Labute approximate surface area is 195 Å². The van der Waals surface area contributed by atoms with Gasteiger partial charge in [-0.3, -0.25) is 18.9 Å². The Bertz CT molecular complexity index is 1220. The third-order valence-corrected chi connectivity index (χ3v) is 6.13. The number of benzene rings is 2. The SMILES string of the molecule is Cc1cn([C@H]2C[C@H](N=[N+]=[N-])[C@@H](COP(Oc3ccccc3)Oc3ccccc3)O2)c(=O)[nH]c1=O. The monoisotopic (exact) mass is 483 g/mol. The third-order valence-electron chi connectivity index (χ3n) is 5.05. The number of ether oxygens (including phenoxy) is 1. The second-order valence-corrected chi connectivity index (χ2v) is 8.51. The fourth-order valence-electron chi connectivity index (χ4n) is 3.36. The third kappa shape index (κ3) is 5.84. The molecule has 0 amide bonds. The molecule has 1 aromatic heterocycles. The van der Waals surface area contributed by atoms with Crippen molar-refractivity contribution in [2.45, 2.75) is 31.7 Å². The van der Waals surface area contributed by atoms with E-state index in [2.05, 4.69) is 15.0 Å². The summed E-state index contributed by atoms with van der Waals surface area (Å²) in [6.45, 7) is 1.58. The Kier molecular flexibility index (Phi) is 7.61. The van der Waals surface area contributed by atoms with Crippen molar-refractivity contribution in [3.05, 3.63) is 104 Å². The molecule has 176 valence electrons. The summed E-state index contributed by atoms with van der Waals surface area (Å²) in [7, 11) is -1.87. The van der Waals surface area contributed by atoms with E-state index in [4.69, 9.17) is 23.8 Å². The van der Waals surface area contributed by atoms with Gasteiger partial charge < -0.3 is 13.8 Å². The second kappa shape index (κ2) is 11.0. The highest BCUT2D eigenvalue weighted by molar-refractivity contribution is 7.42. The number of rotatable bonds is 9. The second-order valence-electron chi connectivity index (χ2n) is 7.44. The Morgan fingerprint density at radius 2 is 1.74 bits per heavy atom. The zero-order chi connectivity index (χ0) is 23.9. The predicted molar refractivity (Wildman–Crippen MR) is 125 cm³/mol. The van der Waals surface area contributed by atoms with Crippen molar-refractivity contribution in [1.29, 1.82) is 0 Å². The van der Waals surface area contributed by atoms with Crippen LogP contribution < -0.4 is 20.3 Å². The molecule has 0 aliphatic carbocycles. The van der Waals surface area contributed by atoms with Gasteiger partial charge in [-0.25, -0.2) is 4.79 Å². The van der Waals surface area contributed by atoms with Gasteiger partial charge in [0.25, 0.3) is 5.56 Å². The van der Waals surface area contributed by atoms with Gasteiger partial charge in [-0.05, 0) is 36.7 Å². The van der Waals surface area contributed by atoms with Crippen molar-refractivity contribution in [1.82, 2.24) is 9.55 Å². The first-order valence-electron chi connectivity index (χ1n) is 10.4. The van der Waals surface area contributed by atoms with E-state index in [0.717, 1.165) is 0 Å². The van der Waals surface area contributed by atoms with E-state index in [1.807, 2.05) is 36.4 Å². The van der Waals surface area contributed by atoms with Crippen LogP contribution in [0, 0.1) is 6.92 Å². The van der Waals surface area contributed by atoms with Crippen molar-refractivity contribution in [3.8, 4) is 11.5 Å². The number of azide groups is 1. The summed E-state index contributed by atoms with van der Waals surface area (Å²) < 4.78 is 25.0. The first kappa shape index (κ1) is 23.5. The quantitative estimate of drug-likeness (QED) is 0.209. The lowest BCUT2D eigenvalue weighted by molar-refractivity contribution is -0.0235. The van der Waals surface area contributed by atoms with Gasteiger partial charge in [-0.15, -0.1) is 0 Å². The fourth-order valence-corrected chi connectivity index (χ4v) is 4.36.